The number of methoxy groups -OCH3 is 1. The van der Waals surface area contributed by atoms with Crippen molar-refractivity contribution in [3.05, 3.63) is 56.7 Å². The Kier molecular flexibility index (Phi) is 7.08. The van der Waals surface area contributed by atoms with Gasteiger partial charge in [0.15, 0.2) is 0 Å². The molecule has 1 heterocycles. The van der Waals surface area contributed by atoms with Crippen LogP contribution in [-0.2, 0) is 16.1 Å². The second kappa shape index (κ2) is 9.94. The zero-order chi connectivity index (χ0) is 22.4. The number of H-pyrrole nitrogens is 1. The Bertz CT molecular complexity index is 1040. The Morgan fingerprint density at radius 2 is 1.97 bits per heavy atom. The van der Waals surface area contributed by atoms with Crippen LogP contribution in [-0.4, -0.2) is 54.3 Å². The highest BCUT2D eigenvalue weighted by molar-refractivity contribution is 5.96. The quantitative estimate of drug-likeness (QED) is 0.423. The van der Waals surface area contributed by atoms with Gasteiger partial charge in [0.2, 0.25) is 5.91 Å². The molecule has 11 heteroatoms. The fraction of sp³-hybridized carbons (Fsp3) is 0.400. The van der Waals surface area contributed by atoms with E-state index in [4.69, 9.17) is 10.5 Å². The number of nitrogens with two attached hydrogens (primary N) is 1. The third kappa shape index (κ3) is 5.95. The largest absolute Gasteiger partial charge is 0.383 e. The predicted octanol–water partition coefficient (Wildman–Crippen LogP) is -0.392. The number of hydrogen-bond donors (Lipinski definition) is 4. The van der Waals surface area contributed by atoms with Gasteiger partial charge in [-0.15, -0.1) is 0 Å². The van der Waals surface area contributed by atoms with Crippen molar-refractivity contribution >= 4 is 23.4 Å². The van der Waals surface area contributed by atoms with Crippen molar-refractivity contribution < 1.29 is 14.3 Å². The number of carbonyl (C=O) groups is 2. The zero-order valence-corrected chi connectivity index (χ0v) is 17.2. The van der Waals surface area contributed by atoms with E-state index < -0.39 is 23.2 Å². The summed E-state index contributed by atoms with van der Waals surface area (Å²) in [7, 11) is 1.48. The second-order valence-corrected chi connectivity index (χ2v) is 7.28. The van der Waals surface area contributed by atoms with Crippen molar-refractivity contribution in [3.63, 3.8) is 0 Å². The van der Waals surface area contributed by atoms with Gasteiger partial charge in [-0.2, -0.15) is 0 Å². The molecule has 0 saturated heterocycles. The molecule has 2 aromatic rings. The van der Waals surface area contributed by atoms with E-state index in [1.807, 2.05) is 30.3 Å². The van der Waals surface area contributed by atoms with E-state index in [0.29, 0.717) is 0 Å². The van der Waals surface area contributed by atoms with Crippen LogP contribution in [0.5, 0.6) is 0 Å². The predicted molar refractivity (Wildman–Crippen MR) is 115 cm³/mol. The summed E-state index contributed by atoms with van der Waals surface area (Å²) in [5.41, 5.74) is 5.60. The maximum absolute atomic E-state index is 12.6. The van der Waals surface area contributed by atoms with Crippen molar-refractivity contribution in [2.45, 2.75) is 25.4 Å². The fourth-order valence-corrected chi connectivity index (χ4v) is 3.07. The normalized spacial score (nSPS) is 12.9. The average molecular weight is 430 g/mol. The van der Waals surface area contributed by atoms with E-state index in [2.05, 4.69) is 15.6 Å². The average Bonchev–Trinajstić information content (AvgIpc) is 3.53. The summed E-state index contributed by atoms with van der Waals surface area (Å²) in [6.45, 7) is 0.158. The number of hydrogen-bond acceptors (Lipinski definition) is 7. The second-order valence-electron chi connectivity index (χ2n) is 7.28. The number of ether oxygens (including phenoxy) is 1. The van der Waals surface area contributed by atoms with Crippen LogP contribution in [0.25, 0.3) is 0 Å². The number of urea groups is 1. The molecule has 0 aliphatic heterocycles. The third-order valence-corrected chi connectivity index (χ3v) is 4.78. The van der Waals surface area contributed by atoms with Gasteiger partial charge in [-0.1, -0.05) is 30.3 Å². The summed E-state index contributed by atoms with van der Waals surface area (Å²) in [6.07, 6.45) is 1.77. The Morgan fingerprint density at radius 3 is 2.61 bits per heavy atom. The van der Waals surface area contributed by atoms with E-state index in [1.54, 1.807) is 0 Å². The number of rotatable bonds is 9. The van der Waals surface area contributed by atoms with Gasteiger partial charge in [0.05, 0.1) is 19.7 Å². The lowest BCUT2D eigenvalue weighted by molar-refractivity contribution is -0.118. The summed E-state index contributed by atoms with van der Waals surface area (Å²) in [6, 6.07) is 8.65. The highest BCUT2D eigenvalue weighted by Crippen LogP contribution is 2.19. The number of imide groups is 1. The number of nitrogens with zero attached hydrogens (tertiary/aromatic N) is 2. The lowest BCUT2D eigenvalue weighted by atomic mass is 10.2. The summed E-state index contributed by atoms with van der Waals surface area (Å²) in [5, 5.41) is 4.90. The third-order valence-electron chi connectivity index (χ3n) is 4.78. The Hall–Kier alpha value is -3.60. The molecule has 0 radical (unpaired) electrons. The van der Waals surface area contributed by atoms with Gasteiger partial charge in [0.25, 0.3) is 5.56 Å². The van der Waals surface area contributed by atoms with Crippen LogP contribution in [0.2, 0.25) is 0 Å². The molecule has 0 atom stereocenters. The first-order valence-electron chi connectivity index (χ1n) is 9.89. The van der Waals surface area contributed by atoms with E-state index in [-0.39, 0.29) is 43.8 Å². The maximum Gasteiger partial charge on any atom is 0.330 e. The number of benzene rings is 1. The van der Waals surface area contributed by atoms with Crippen LogP contribution in [0.15, 0.2) is 39.9 Å². The SMILES string of the molecule is COCCN(CC(=O)NC(=O)NC1CC1)c1c(N)n(Cc2ccccc2)c(=O)[nH]c1=O. The van der Waals surface area contributed by atoms with Crippen LogP contribution in [0, 0.1) is 0 Å². The molecule has 3 rings (SSSR count). The van der Waals surface area contributed by atoms with Crippen molar-refractivity contribution in [3.8, 4) is 0 Å². The lowest BCUT2D eigenvalue weighted by Gasteiger charge is -2.25. The minimum atomic E-state index is -0.724. The van der Waals surface area contributed by atoms with Crippen LogP contribution in [0.4, 0.5) is 16.3 Å². The van der Waals surface area contributed by atoms with Crippen LogP contribution < -0.4 is 32.5 Å². The van der Waals surface area contributed by atoms with Crippen molar-refractivity contribution in [2.75, 3.05) is 37.4 Å². The van der Waals surface area contributed by atoms with Crippen LogP contribution >= 0.6 is 0 Å². The molecule has 1 fully saturated rings. The monoisotopic (exact) mass is 430 g/mol. The van der Waals surface area contributed by atoms with Crippen LogP contribution in [0.1, 0.15) is 18.4 Å². The summed E-state index contributed by atoms with van der Waals surface area (Å²) < 4.78 is 6.30. The number of nitrogens with one attached hydrogen (secondary N) is 3. The van der Waals surface area contributed by atoms with Gasteiger partial charge >= 0.3 is 11.7 Å². The number of aromatic amines is 1. The first-order valence-corrected chi connectivity index (χ1v) is 9.89. The van der Waals surface area contributed by atoms with Gasteiger partial charge in [0, 0.05) is 19.7 Å². The Labute approximate surface area is 178 Å². The van der Waals surface area contributed by atoms with E-state index in [9.17, 15) is 19.2 Å². The molecule has 1 aromatic heterocycles. The van der Waals surface area contributed by atoms with Crippen molar-refractivity contribution in [2.24, 2.45) is 0 Å². The number of carbonyl (C=O) groups excluding carboxylic acids is 2. The fourth-order valence-electron chi connectivity index (χ4n) is 3.07. The van der Waals surface area contributed by atoms with Crippen LogP contribution in [0.3, 0.4) is 0 Å². The van der Waals surface area contributed by atoms with Gasteiger partial charge in [-0.25, -0.2) is 9.59 Å². The summed E-state index contributed by atoms with van der Waals surface area (Å²) in [4.78, 5) is 52.8. The molecule has 166 valence electrons. The molecule has 5 N–H and O–H groups in total. The molecule has 31 heavy (non-hydrogen) atoms. The van der Waals surface area contributed by atoms with Gasteiger partial charge in [0.1, 0.15) is 11.5 Å². The van der Waals surface area contributed by atoms with Gasteiger partial charge in [-0.3, -0.25) is 24.5 Å². The minimum absolute atomic E-state index is 0.0367. The first kappa shape index (κ1) is 22.1. The van der Waals surface area contributed by atoms with E-state index in [0.717, 1.165) is 18.4 Å². The first-order chi connectivity index (χ1) is 14.9. The standard InChI is InChI=1S/C20H26N6O5/c1-31-10-9-25(12-15(27)23-19(29)22-14-7-8-14)16-17(21)26(20(30)24-18(16)28)11-13-5-3-2-4-6-13/h2-6,14H,7-12,21H2,1H3,(H,24,28,30)(H2,22,23,27,29). The molecule has 11 nitrogen and oxygen atoms in total. The van der Waals surface area contributed by atoms with Gasteiger partial charge in [-0.05, 0) is 18.4 Å². The Morgan fingerprint density at radius 1 is 1.26 bits per heavy atom. The highest BCUT2D eigenvalue weighted by Gasteiger charge is 2.25. The molecule has 1 saturated carbocycles. The number of nitrogen functional groups attached to an aromatic ring is 1. The molecule has 0 spiro atoms. The van der Waals surface area contributed by atoms with Crippen molar-refractivity contribution in [1.29, 1.82) is 0 Å². The zero-order valence-electron chi connectivity index (χ0n) is 17.2. The smallest absolute Gasteiger partial charge is 0.330 e. The summed E-state index contributed by atoms with van der Waals surface area (Å²) >= 11 is 0. The molecule has 1 aliphatic carbocycles. The number of aromatic nitrogens is 2. The van der Waals surface area contributed by atoms with E-state index >= 15 is 0 Å². The minimum Gasteiger partial charge on any atom is -0.383 e. The Balaban J connectivity index is 1.86. The van der Waals surface area contributed by atoms with E-state index in [1.165, 1.54) is 16.6 Å². The molecular weight excluding hydrogens is 404 g/mol. The maximum atomic E-state index is 12.6. The molecule has 1 aromatic carbocycles. The highest BCUT2D eigenvalue weighted by atomic mass is 16.5. The molecule has 1 aliphatic rings. The number of anilines is 2. The van der Waals surface area contributed by atoms with Gasteiger partial charge < -0.3 is 20.7 Å². The number of amides is 3. The molecule has 0 unspecified atom stereocenters. The molecule has 3 amide bonds. The molecule has 0 bridgehead atoms. The lowest BCUT2D eigenvalue weighted by Crippen LogP contribution is -2.47. The topological polar surface area (TPSA) is 152 Å². The van der Waals surface area contributed by atoms with Crippen molar-refractivity contribution in [1.82, 2.24) is 20.2 Å². The summed E-state index contributed by atoms with van der Waals surface area (Å²) in [5.74, 6) is -0.696. The molecular formula is C20H26N6O5.